The normalized spacial score (nSPS) is 12.3. The first-order chi connectivity index (χ1) is 9.22. The molecule has 2 heterocycles. The molecule has 0 aliphatic heterocycles. The van der Waals surface area contributed by atoms with Crippen molar-refractivity contribution in [2.45, 2.75) is 26.3 Å². The van der Waals surface area contributed by atoms with Crippen molar-refractivity contribution in [1.29, 1.82) is 0 Å². The summed E-state index contributed by atoms with van der Waals surface area (Å²) in [6.45, 7) is 5.10. The van der Waals surface area contributed by atoms with Crippen molar-refractivity contribution < 1.29 is 0 Å². The highest BCUT2D eigenvalue weighted by atomic mass is 14.9. The SMILES string of the molecule is CCNC(Cc1cccnc1N)c1ccncc1C. The van der Waals surface area contributed by atoms with E-state index < -0.39 is 0 Å². The smallest absolute Gasteiger partial charge is 0.126 e. The molecule has 2 rings (SSSR count). The van der Waals surface area contributed by atoms with Gasteiger partial charge in [-0.05, 0) is 48.7 Å². The number of hydrogen-bond donors (Lipinski definition) is 2. The second-order valence-electron chi connectivity index (χ2n) is 4.59. The third-order valence-electron chi connectivity index (χ3n) is 3.24. The lowest BCUT2D eigenvalue weighted by molar-refractivity contribution is 0.547. The summed E-state index contributed by atoms with van der Waals surface area (Å²) in [5, 5.41) is 3.50. The fourth-order valence-corrected chi connectivity index (χ4v) is 2.26. The fraction of sp³-hybridized carbons (Fsp3) is 0.333. The van der Waals surface area contributed by atoms with Gasteiger partial charge in [-0.1, -0.05) is 13.0 Å². The van der Waals surface area contributed by atoms with Crippen LogP contribution in [0.1, 0.15) is 29.7 Å². The molecule has 1 unspecified atom stereocenters. The quantitative estimate of drug-likeness (QED) is 0.861. The highest BCUT2D eigenvalue weighted by Gasteiger charge is 2.14. The molecular formula is C15H20N4. The Kier molecular flexibility index (Phi) is 4.47. The topological polar surface area (TPSA) is 63.8 Å². The van der Waals surface area contributed by atoms with Crippen LogP contribution >= 0.6 is 0 Å². The van der Waals surface area contributed by atoms with Gasteiger partial charge in [0, 0.05) is 24.6 Å². The average Bonchev–Trinajstić information content (AvgIpc) is 2.41. The van der Waals surface area contributed by atoms with Crippen molar-refractivity contribution in [3.8, 4) is 0 Å². The van der Waals surface area contributed by atoms with E-state index in [0.29, 0.717) is 5.82 Å². The minimum Gasteiger partial charge on any atom is -0.383 e. The summed E-state index contributed by atoms with van der Waals surface area (Å²) in [5.74, 6) is 0.608. The number of rotatable bonds is 5. The summed E-state index contributed by atoms with van der Waals surface area (Å²) in [5.41, 5.74) is 9.46. The number of aromatic nitrogens is 2. The van der Waals surface area contributed by atoms with E-state index >= 15 is 0 Å². The van der Waals surface area contributed by atoms with Gasteiger partial charge in [0.05, 0.1) is 0 Å². The molecule has 19 heavy (non-hydrogen) atoms. The predicted octanol–water partition coefficient (Wildman–Crippen LogP) is 2.26. The maximum absolute atomic E-state index is 5.93. The van der Waals surface area contributed by atoms with Gasteiger partial charge < -0.3 is 11.1 Å². The van der Waals surface area contributed by atoms with Crippen molar-refractivity contribution in [3.05, 3.63) is 53.5 Å². The summed E-state index contributed by atoms with van der Waals surface area (Å²) >= 11 is 0. The van der Waals surface area contributed by atoms with Gasteiger partial charge in [0.15, 0.2) is 0 Å². The van der Waals surface area contributed by atoms with Crippen LogP contribution < -0.4 is 11.1 Å². The largest absolute Gasteiger partial charge is 0.383 e. The Bertz CT molecular complexity index is 539. The summed E-state index contributed by atoms with van der Waals surface area (Å²) in [6.07, 6.45) is 6.28. The van der Waals surface area contributed by atoms with E-state index in [-0.39, 0.29) is 6.04 Å². The Morgan fingerprint density at radius 2 is 2.16 bits per heavy atom. The van der Waals surface area contributed by atoms with Gasteiger partial charge in [-0.2, -0.15) is 0 Å². The lowest BCUT2D eigenvalue weighted by Gasteiger charge is -2.20. The number of nitrogen functional groups attached to an aromatic ring is 1. The van der Waals surface area contributed by atoms with Gasteiger partial charge in [0.1, 0.15) is 5.82 Å². The van der Waals surface area contributed by atoms with E-state index in [9.17, 15) is 0 Å². The standard InChI is InChI=1S/C15H20N4/c1-3-18-14(13-6-8-17-10-11(13)2)9-12-5-4-7-19-15(12)16/h4-8,10,14,18H,3,9H2,1-2H3,(H2,16,19). The molecule has 0 fully saturated rings. The van der Waals surface area contributed by atoms with Gasteiger partial charge in [-0.15, -0.1) is 0 Å². The molecule has 1 atom stereocenters. The molecule has 0 aliphatic rings. The molecule has 3 N–H and O–H groups in total. The van der Waals surface area contributed by atoms with Crippen molar-refractivity contribution in [2.24, 2.45) is 0 Å². The molecule has 0 aliphatic carbocycles. The van der Waals surface area contributed by atoms with E-state index in [1.54, 1.807) is 6.20 Å². The highest BCUT2D eigenvalue weighted by molar-refractivity contribution is 5.40. The van der Waals surface area contributed by atoms with Crippen LogP contribution in [0.4, 0.5) is 5.82 Å². The van der Waals surface area contributed by atoms with Gasteiger partial charge in [0.2, 0.25) is 0 Å². The summed E-state index contributed by atoms with van der Waals surface area (Å²) in [7, 11) is 0. The number of pyridine rings is 2. The third kappa shape index (κ3) is 3.29. The summed E-state index contributed by atoms with van der Waals surface area (Å²) < 4.78 is 0. The van der Waals surface area contributed by atoms with Crippen molar-refractivity contribution in [1.82, 2.24) is 15.3 Å². The van der Waals surface area contributed by atoms with Crippen LogP contribution in [0.3, 0.4) is 0 Å². The molecule has 0 saturated carbocycles. The first-order valence-electron chi connectivity index (χ1n) is 6.55. The Balaban J connectivity index is 2.27. The molecule has 4 nitrogen and oxygen atoms in total. The lowest BCUT2D eigenvalue weighted by atomic mass is 9.97. The molecule has 2 aromatic heterocycles. The van der Waals surface area contributed by atoms with E-state index in [0.717, 1.165) is 18.5 Å². The number of anilines is 1. The molecule has 0 amide bonds. The molecule has 0 aromatic carbocycles. The number of hydrogen-bond acceptors (Lipinski definition) is 4. The fourth-order valence-electron chi connectivity index (χ4n) is 2.26. The number of nitrogens with two attached hydrogens (primary N) is 1. The Morgan fingerprint density at radius 3 is 2.84 bits per heavy atom. The number of nitrogens with zero attached hydrogens (tertiary/aromatic N) is 2. The number of likely N-dealkylation sites (N-methyl/N-ethyl adjacent to an activating group) is 1. The Labute approximate surface area is 114 Å². The zero-order valence-corrected chi connectivity index (χ0v) is 11.4. The lowest BCUT2D eigenvalue weighted by Crippen LogP contribution is -2.24. The van der Waals surface area contributed by atoms with E-state index in [4.69, 9.17) is 5.73 Å². The first kappa shape index (κ1) is 13.5. The summed E-state index contributed by atoms with van der Waals surface area (Å²) in [6, 6.07) is 6.26. The minimum absolute atomic E-state index is 0.236. The minimum atomic E-state index is 0.236. The Hall–Kier alpha value is -1.94. The molecule has 0 saturated heterocycles. The zero-order valence-electron chi connectivity index (χ0n) is 11.4. The van der Waals surface area contributed by atoms with Crippen LogP contribution in [0.15, 0.2) is 36.8 Å². The van der Waals surface area contributed by atoms with E-state index in [2.05, 4.69) is 35.2 Å². The number of aryl methyl sites for hydroxylation is 1. The van der Waals surface area contributed by atoms with Crippen LogP contribution in [0.2, 0.25) is 0 Å². The van der Waals surface area contributed by atoms with E-state index in [1.165, 1.54) is 11.1 Å². The maximum Gasteiger partial charge on any atom is 0.126 e. The van der Waals surface area contributed by atoms with Crippen LogP contribution in [0, 0.1) is 6.92 Å². The predicted molar refractivity (Wildman–Crippen MR) is 77.7 cm³/mol. The van der Waals surface area contributed by atoms with Gasteiger partial charge in [-0.25, -0.2) is 4.98 Å². The molecule has 0 spiro atoms. The monoisotopic (exact) mass is 256 g/mol. The maximum atomic E-state index is 5.93. The van der Waals surface area contributed by atoms with Crippen LogP contribution in [0.25, 0.3) is 0 Å². The first-order valence-corrected chi connectivity index (χ1v) is 6.55. The third-order valence-corrected chi connectivity index (χ3v) is 3.24. The van der Waals surface area contributed by atoms with E-state index in [1.807, 2.05) is 24.5 Å². The van der Waals surface area contributed by atoms with Crippen LogP contribution in [0.5, 0.6) is 0 Å². The second-order valence-corrected chi connectivity index (χ2v) is 4.59. The van der Waals surface area contributed by atoms with Crippen LogP contribution in [-0.2, 0) is 6.42 Å². The molecule has 100 valence electrons. The molecule has 4 heteroatoms. The molecule has 0 radical (unpaired) electrons. The highest BCUT2D eigenvalue weighted by Crippen LogP contribution is 2.22. The van der Waals surface area contributed by atoms with Gasteiger partial charge in [0.25, 0.3) is 0 Å². The molecule has 2 aromatic rings. The molecular weight excluding hydrogens is 236 g/mol. The Morgan fingerprint density at radius 1 is 1.32 bits per heavy atom. The van der Waals surface area contributed by atoms with Crippen LogP contribution in [-0.4, -0.2) is 16.5 Å². The van der Waals surface area contributed by atoms with Crippen molar-refractivity contribution in [2.75, 3.05) is 12.3 Å². The van der Waals surface area contributed by atoms with Crippen molar-refractivity contribution in [3.63, 3.8) is 0 Å². The summed E-state index contributed by atoms with van der Waals surface area (Å²) in [4.78, 5) is 8.29. The number of nitrogens with one attached hydrogen (secondary N) is 1. The second kappa shape index (κ2) is 6.29. The average molecular weight is 256 g/mol. The van der Waals surface area contributed by atoms with Crippen molar-refractivity contribution >= 4 is 5.82 Å². The zero-order chi connectivity index (χ0) is 13.7. The van der Waals surface area contributed by atoms with Gasteiger partial charge in [-0.3, -0.25) is 4.98 Å². The molecule has 0 bridgehead atoms. The van der Waals surface area contributed by atoms with Gasteiger partial charge >= 0.3 is 0 Å².